The van der Waals surface area contributed by atoms with Crippen LogP contribution in [0.4, 0.5) is 0 Å². The number of nitrogens with one attached hydrogen (secondary N) is 1. The summed E-state index contributed by atoms with van der Waals surface area (Å²) in [6, 6.07) is 0.349. The zero-order valence-electron chi connectivity index (χ0n) is 12.3. The highest BCUT2D eigenvalue weighted by Gasteiger charge is 2.14. The van der Waals surface area contributed by atoms with Crippen molar-refractivity contribution >= 4 is 12.0 Å². The molecule has 0 fully saturated rings. The standard InChI is InChI=1S/C13H27N3O2/c1-6-11(3)12(17)18-13(14-7-2)15-9-8-10-16(4)5/h11H,6-10H2,1-5H3,(H,14,15). The summed E-state index contributed by atoms with van der Waals surface area (Å²) in [4.78, 5) is 18.0. The highest BCUT2D eigenvalue weighted by molar-refractivity contribution is 5.88. The van der Waals surface area contributed by atoms with Gasteiger partial charge in [-0.2, -0.15) is 0 Å². The molecule has 5 nitrogen and oxygen atoms in total. The van der Waals surface area contributed by atoms with E-state index in [2.05, 4.69) is 15.2 Å². The number of nitrogens with zero attached hydrogens (tertiary/aromatic N) is 2. The molecule has 0 amide bonds. The van der Waals surface area contributed by atoms with Gasteiger partial charge in [0.15, 0.2) is 0 Å². The smallest absolute Gasteiger partial charge is 0.316 e. The number of hydrogen-bond donors (Lipinski definition) is 1. The van der Waals surface area contributed by atoms with Crippen molar-refractivity contribution in [2.45, 2.75) is 33.6 Å². The van der Waals surface area contributed by atoms with Crippen LogP contribution in [0.25, 0.3) is 0 Å². The third-order valence-electron chi connectivity index (χ3n) is 2.56. The number of aliphatic imine (C=N–C) groups is 1. The van der Waals surface area contributed by atoms with Gasteiger partial charge in [0, 0.05) is 13.1 Å². The summed E-state index contributed by atoms with van der Waals surface area (Å²) >= 11 is 0. The first kappa shape index (κ1) is 16.9. The molecule has 0 aliphatic heterocycles. The predicted molar refractivity (Wildman–Crippen MR) is 74.7 cm³/mol. The van der Waals surface area contributed by atoms with E-state index in [1.807, 2.05) is 34.9 Å². The van der Waals surface area contributed by atoms with E-state index >= 15 is 0 Å². The van der Waals surface area contributed by atoms with Gasteiger partial charge < -0.3 is 15.0 Å². The van der Waals surface area contributed by atoms with Crippen LogP contribution in [0.15, 0.2) is 4.99 Å². The number of ether oxygens (including phenoxy) is 1. The number of rotatable bonds is 7. The first-order valence-electron chi connectivity index (χ1n) is 6.65. The van der Waals surface area contributed by atoms with Gasteiger partial charge in [-0.15, -0.1) is 0 Å². The summed E-state index contributed by atoms with van der Waals surface area (Å²) in [5.74, 6) is -0.305. The number of carbonyl (C=O) groups is 1. The number of carbonyl (C=O) groups excluding carboxylic acids is 1. The average molecular weight is 257 g/mol. The molecule has 0 heterocycles. The van der Waals surface area contributed by atoms with Crippen LogP contribution in [0.5, 0.6) is 0 Å². The molecule has 0 aromatic heterocycles. The molecule has 0 aromatic rings. The van der Waals surface area contributed by atoms with Crippen molar-refractivity contribution in [2.75, 3.05) is 33.7 Å². The Balaban J connectivity index is 4.19. The summed E-state index contributed by atoms with van der Waals surface area (Å²) in [6.07, 6.45) is 1.72. The fourth-order valence-electron chi connectivity index (χ4n) is 1.21. The number of hydrogen-bond acceptors (Lipinski definition) is 4. The number of esters is 1. The highest BCUT2D eigenvalue weighted by atomic mass is 16.6. The largest absolute Gasteiger partial charge is 0.393 e. The number of amidine groups is 1. The minimum atomic E-state index is -0.218. The Morgan fingerprint density at radius 3 is 2.56 bits per heavy atom. The van der Waals surface area contributed by atoms with Crippen LogP contribution < -0.4 is 5.32 Å². The van der Waals surface area contributed by atoms with Crippen molar-refractivity contribution < 1.29 is 9.53 Å². The summed E-state index contributed by atoms with van der Waals surface area (Å²) in [7, 11) is 4.05. The molecule has 1 atom stereocenters. The monoisotopic (exact) mass is 257 g/mol. The Kier molecular flexibility index (Phi) is 9.28. The maximum absolute atomic E-state index is 11.6. The maximum atomic E-state index is 11.6. The van der Waals surface area contributed by atoms with Crippen LogP contribution >= 0.6 is 0 Å². The van der Waals surface area contributed by atoms with Crippen molar-refractivity contribution in [2.24, 2.45) is 10.9 Å². The molecule has 0 aliphatic carbocycles. The van der Waals surface area contributed by atoms with Gasteiger partial charge in [-0.3, -0.25) is 4.79 Å². The molecule has 0 saturated heterocycles. The second-order valence-electron chi connectivity index (χ2n) is 4.60. The van der Waals surface area contributed by atoms with Crippen LogP contribution in [-0.2, 0) is 9.53 Å². The maximum Gasteiger partial charge on any atom is 0.316 e. The molecule has 1 unspecified atom stereocenters. The average Bonchev–Trinajstić information content (AvgIpc) is 2.33. The topological polar surface area (TPSA) is 53.9 Å². The minimum Gasteiger partial charge on any atom is -0.393 e. The fraction of sp³-hybridized carbons (Fsp3) is 0.846. The van der Waals surface area contributed by atoms with Crippen LogP contribution in [0.1, 0.15) is 33.6 Å². The highest BCUT2D eigenvalue weighted by Crippen LogP contribution is 2.03. The molecule has 1 N–H and O–H groups in total. The SMILES string of the molecule is CCN/C(=N/CCCN(C)C)OC(=O)C(C)CC. The predicted octanol–water partition coefficient (Wildman–Crippen LogP) is 1.49. The third-order valence-corrected chi connectivity index (χ3v) is 2.56. The Morgan fingerprint density at radius 2 is 2.06 bits per heavy atom. The van der Waals surface area contributed by atoms with Crippen LogP contribution in [-0.4, -0.2) is 50.6 Å². The molecule has 106 valence electrons. The normalized spacial score (nSPS) is 13.6. The molecule has 0 radical (unpaired) electrons. The summed E-state index contributed by atoms with van der Waals surface area (Å²) < 4.78 is 5.24. The molecular formula is C13H27N3O2. The van der Waals surface area contributed by atoms with E-state index in [0.717, 1.165) is 19.4 Å². The van der Waals surface area contributed by atoms with Crippen molar-refractivity contribution in [3.63, 3.8) is 0 Å². The first-order chi connectivity index (χ1) is 8.51. The lowest BCUT2D eigenvalue weighted by Crippen LogP contribution is -2.31. The summed E-state index contributed by atoms with van der Waals surface area (Å²) in [5.41, 5.74) is 0. The molecule has 0 aliphatic rings. The van der Waals surface area contributed by atoms with E-state index in [9.17, 15) is 4.79 Å². The molecule has 0 bridgehead atoms. The van der Waals surface area contributed by atoms with Crippen molar-refractivity contribution in [1.29, 1.82) is 0 Å². The zero-order chi connectivity index (χ0) is 14.0. The van der Waals surface area contributed by atoms with E-state index in [4.69, 9.17) is 4.74 Å². The van der Waals surface area contributed by atoms with Crippen LogP contribution in [0.3, 0.4) is 0 Å². The Labute approximate surface area is 111 Å². The Hall–Kier alpha value is -1.10. The molecule has 0 saturated carbocycles. The van der Waals surface area contributed by atoms with E-state index in [1.54, 1.807) is 0 Å². The van der Waals surface area contributed by atoms with Gasteiger partial charge in [0.05, 0.1) is 5.92 Å². The molecule has 0 aromatic carbocycles. The quantitative estimate of drug-likeness (QED) is 0.325. The fourth-order valence-corrected chi connectivity index (χ4v) is 1.21. The molecule has 5 heteroatoms. The lowest BCUT2D eigenvalue weighted by molar-refractivity contribution is -0.139. The van der Waals surface area contributed by atoms with E-state index < -0.39 is 0 Å². The first-order valence-corrected chi connectivity index (χ1v) is 6.65. The molecular weight excluding hydrogens is 230 g/mol. The van der Waals surface area contributed by atoms with Gasteiger partial charge in [-0.05, 0) is 40.4 Å². The van der Waals surface area contributed by atoms with Gasteiger partial charge in [0.25, 0.3) is 6.02 Å². The van der Waals surface area contributed by atoms with Crippen molar-refractivity contribution in [3.05, 3.63) is 0 Å². The summed E-state index contributed by atoms with van der Waals surface area (Å²) in [6.45, 7) is 8.11. The van der Waals surface area contributed by atoms with Crippen LogP contribution in [0.2, 0.25) is 0 Å². The van der Waals surface area contributed by atoms with Crippen molar-refractivity contribution in [1.82, 2.24) is 10.2 Å². The lowest BCUT2D eigenvalue weighted by Gasteiger charge is -2.12. The Bertz CT molecular complexity index is 265. The van der Waals surface area contributed by atoms with Gasteiger partial charge in [-0.25, -0.2) is 4.99 Å². The van der Waals surface area contributed by atoms with E-state index in [-0.39, 0.29) is 11.9 Å². The minimum absolute atomic E-state index is 0.0874. The van der Waals surface area contributed by atoms with Gasteiger partial charge in [0.1, 0.15) is 0 Å². The van der Waals surface area contributed by atoms with Gasteiger partial charge >= 0.3 is 5.97 Å². The second kappa shape index (κ2) is 9.88. The lowest BCUT2D eigenvalue weighted by atomic mass is 10.1. The zero-order valence-corrected chi connectivity index (χ0v) is 12.3. The van der Waals surface area contributed by atoms with E-state index in [0.29, 0.717) is 19.1 Å². The Morgan fingerprint density at radius 1 is 1.39 bits per heavy atom. The third kappa shape index (κ3) is 8.06. The summed E-state index contributed by atoms with van der Waals surface area (Å²) in [5, 5.41) is 2.97. The molecule has 18 heavy (non-hydrogen) atoms. The van der Waals surface area contributed by atoms with Gasteiger partial charge in [-0.1, -0.05) is 13.8 Å². The van der Waals surface area contributed by atoms with Crippen molar-refractivity contribution in [3.8, 4) is 0 Å². The molecule has 0 spiro atoms. The van der Waals surface area contributed by atoms with Crippen LogP contribution in [0, 0.1) is 5.92 Å². The van der Waals surface area contributed by atoms with E-state index in [1.165, 1.54) is 0 Å². The molecule has 0 rings (SSSR count). The second-order valence-corrected chi connectivity index (χ2v) is 4.60. The van der Waals surface area contributed by atoms with Gasteiger partial charge in [0.2, 0.25) is 0 Å².